The van der Waals surface area contributed by atoms with Gasteiger partial charge in [0, 0.05) is 22.2 Å². The molecule has 2 bridgehead atoms. The van der Waals surface area contributed by atoms with Crippen LogP contribution in [0.5, 0.6) is 0 Å². The van der Waals surface area contributed by atoms with E-state index in [2.05, 4.69) is 29.6 Å². The quantitative estimate of drug-likeness (QED) is 0.916. The number of rotatable bonds is 3. The Balaban J connectivity index is 1.30. The second-order valence-corrected chi connectivity index (χ2v) is 7.46. The van der Waals surface area contributed by atoms with Crippen LogP contribution in [0.4, 0.5) is 0 Å². The Labute approximate surface area is 119 Å². The first kappa shape index (κ1) is 12.2. The summed E-state index contributed by atoms with van der Waals surface area (Å²) >= 11 is 2.00. The maximum atomic E-state index is 6.22. The van der Waals surface area contributed by atoms with Gasteiger partial charge in [-0.05, 0) is 43.7 Å². The third-order valence-corrected chi connectivity index (χ3v) is 5.95. The van der Waals surface area contributed by atoms with Crippen LogP contribution in [0.1, 0.15) is 31.2 Å². The predicted molar refractivity (Wildman–Crippen MR) is 78.7 cm³/mol. The van der Waals surface area contributed by atoms with Gasteiger partial charge in [0.25, 0.3) is 0 Å². The van der Waals surface area contributed by atoms with Crippen LogP contribution < -0.4 is 5.32 Å². The first-order chi connectivity index (χ1) is 9.37. The molecule has 4 rings (SSSR count). The number of piperidine rings is 1. The van der Waals surface area contributed by atoms with Gasteiger partial charge in [0.15, 0.2) is 0 Å². The maximum absolute atomic E-state index is 6.22. The van der Waals surface area contributed by atoms with Crippen molar-refractivity contribution >= 4 is 11.8 Å². The van der Waals surface area contributed by atoms with Crippen molar-refractivity contribution in [3.05, 3.63) is 29.8 Å². The van der Waals surface area contributed by atoms with Crippen LogP contribution in [0.3, 0.4) is 0 Å². The van der Waals surface area contributed by atoms with Crippen LogP contribution in [0.25, 0.3) is 0 Å². The number of hydrogen-bond acceptors (Lipinski definition) is 3. The predicted octanol–water partition coefficient (Wildman–Crippen LogP) is 3.00. The van der Waals surface area contributed by atoms with Gasteiger partial charge in [0.2, 0.25) is 0 Å². The third-order valence-electron chi connectivity index (χ3n) is 4.66. The molecule has 1 aromatic rings. The molecule has 1 N–H and O–H groups in total. The number of nitrogens with one attached hydrogen (secondary N) is 1. The fourth-order valence-corrected chi connectivity index (χ4v) is 4.96. The molecular weight excluding hydrogens is 254 g/mol. The summed E-state index contributed by atoms with van der Waals surface area (Å²) < 4.78 is 6.22. The van der Waals surface area contributed by atoms with Crippen molar-refractivity contribution in [1.29, 1.82) is 0 Å². The van der Waals surface area contributed by atoms with E-state index in [0.29, 0.717) is 11.4 Å². The molecule has 19 heavy (non-hydrogen) atoms. The molecule has 0 aliphatic carbocycles. The van der Waals surface area contributed by atoms with E-state index < -0.39 is 0 Å². The van der Waals surface area contributed by atoms with Gasteiger partial charge in [-0.3, -0.25) is 0 Å². The molecule has 3 heteroatoms. The molecule has 3 unspecified atom stereocenters. The van der Waals surface area contributed by atoms with Gasteiger partial charge in [-0.15, -0.1) is 11.8 Å². The van der Waals surface area contributed by atoms with Gasteiger partial charge in [0.1, 0.15) is 0 Å². The van der Waals surface area contributed by atoms with Gasteiger partial charge < -0.3 is 10.1 Å². The molecule has 2 saturated heterocycles. The highest BCUT2D eigenvalue weighted by Crippen LogP contribution is 2.37. The van der Waals surface area contributed by atoms with E-state index in [-0.39, 0.29) is 0 Å². The number of thioether (sulfide) groups is 1. The van der Waals surface area contributed by atoms with Gasteiger partial charge in [-0.1, -0.05) is 18.2 Å². The van der Waals surface area contributed by atoms with Crippen LogP contribution in [0, 0.1) is 0 Å². The van der Waals surface area contributed by atoms with Crippen LogP contribution in [0.15, 0.2) is 29.2 Å². The Kier molecular flexibility index (Phi) is 3.30. The highest BCUT2D eigenvalue weighted by Gasteiger charge is 2.34. The average Bonchev–Trinajstić information content (AvgIpc) is 2.99. The van der Waals surface area contributed by atoms with Gasteiger partial charge in [-0.2, -0.15) is 0 Å². The second-order valence-electron chi connectivity index (χ2n) is 6.12. The second kappa shape index (κ2) is 5.12. The van der Waals surface area contributed by atoms with Crippen molar-refractivity contribution in [2.45, 2.75) is 60.4 Å². The van der Waals surface area contributed by atoms with Crippen LogP contribution in [-0.2, 0) is 11.2 Å². The molecular formula is C16H21NOS. The molecule has 2 fully saturated rings. The minimum Gasteiger partial charge on any atom is -0.377 e. The van der Waals surface area contributed by atoms with E-state index in [1.165, 1.54) is 42.6 Å². The number of ether oxygens (including phenoxy) is 1. The highest BCUT2D eigenvalue weighted by molar-refractivity contribution is 8.00. The van der Waals surface area contributed by atoms with Crippen LogP contribution in [-0.4, -0.2) is 30.0 Å². The molecule has 3 heterocycles. The first-order valence-electron chi connectivity index (χ1n) is 7.49. The van der Waals surface area contributed by atoms with E-state index in [4.69, 9.17) is 4.74 Å². The summed E-state index contributed by atoms with van der Waals surface area (Å²) in [4.78, 5) is 1.46. The molecule has 3 aliphatic heterocycles. The normalized spacial score (nSPS) is 36.4. The number of hydrogen-bond donors (Lipinski definition) is 1. The first-order valence-corrected chi connectivity index (χ1v) is 8.37. The molecule has 0 amide bonds. The summed E-state index contributed by atoms with van der Waals surface area (Å²) in [6, 6.07) is 10.2. The number of benzene rings is 1. The smallest absolute Gasteiger partial charge is 0.0605 e. The third kappa shape index (κ3) is 2.56. The lowest BCUT2D eigenvalue weighted by molar-refractivity contribution is 0.0215. The molecule has 2 nitrogen and oxygen atoms in total. The lowest BCUT2D eigenvalue weighted by atomic mass is 10.0. The summed E-state index contributed by atoms with van der Waals surface area (Å²) in [5, 5.41) is 4.31. The zero-order chi connectivity index (χ0) is 12.7. The molecule has 3 aliphatic rings. The van der Waals surface area contributed by atoms with Crippen molar-refractivity contribution in [3.8, 4) is 0 Å². The van der Waals surface area contributed by atoms with E-state index in [1.54, 1.807) is 0 Å². The Morgan fingerprint density at radius 1 is 1.16 bits per heavy atom. The Hall–Kier alpha value is -0.510. The van der Waals surface area contributed by atoms with Gasteiger partial charge in [0.05, 0.1) is 12.7 Å². The van der Waals surface area contributed by atoms with Gasteiger partial charge >= 0.3 is 0 Å². The van der Waals surface area contributed by atoms with Crippen molar-refractivity contribution in [2.24, 2.45) is 0 Å². The summed E-state index contributed by atoms with van der Waals surface area (Å²) in [6.45, 7) is 0.920. The van der Waals surface area contributed by atoms with Crippen molar-refractivity contribution in [1.82, 2.24) is 5.32 Å². The zero-order valence-corrected chi connectivity index (χ0v) is 12.0. The standard InChI is InChI=1S/C16H21NOS/c1-2-4-16-11(3-1)7-15(19-16)10-18-14-8-12-5-6-13(9-14)17-12/h1-4,12-15,17H,5-10H2. The molecule has 102 valence electrons. The fourth-order valence-electron chi connectivity index (χ4n) is 3.73. The lowest BCUT2D eigenvalue weighted by Gasteiger charge is -2.29. The van der Waals surface area contributed by atoms with Crippen LogP contribution in [0.2, 0.25) is 0 Å². The van der Waals surface area contributed by atoms with E-state index in [1.807, 2.05) is 11.8 Å². The SMILES string of the molecule is c1ccc2c(c1)CC(COC1CC3CCC(C1)N3)S2. The minimum absolute atomic E-state index is 0.503. The van der Waals surface area contributed by atoms with E-state index in [0.717, 1.165) is 18.7 Å². The monoisotopic (exact) mass is 275 g/mol. The van der Waals surface area contributed by atoms with Crippen molar-refractivity contribution in [3.63, 3.8) is 0 Å². The lowest BCUT2D eigenvalue weighted by Crippen LogP contribution is -2.41. The van der Waals surface area contributed by atoms with E-state index >= 15 is 0 Å². The van der Waals surface area contributed by atoms with E-state index in [9.17, 15) is 0 Å². The summed E-state index contributed by atoms with van der Waals surface area (Å²) in [5.41, 5.74) is 1.51. The van der Waals surface area contributed by atoms with Crippen molar-refractivity contribution in [2.75, 3.05) is 6.61 Å². The zero-order valence-electron chi connectivity index (χ0n) is 11.2. The Bertz CT molecular complexity index is 427. The Morgan fingerprint density at radius 3 is 2.74 bits per heavy atom. The molecule has 0 spiro atoms. The summed E-state index contributed by atoms with van der Waals surface area (Å²) in [6.07, 6.45) is 6.84. The molecule has 0 aromatic heterocycles. The highest BCUT2D eigenvalue weighted by atomic mass is 32.2. The topological polar surface area (TPSA) is 21.3 Å². The largest absolute Gasteiger partial charge is 0.377 e. The molecule has 0 radical (unpaired) electrons. The maximum Gasteiger partial charge on any atom is 0.0605 e. The molecule has 1 aromatic carbocycles. The minimum atomic E-state index is 0.503. The fraction of sp³-hybridized carbons (Fsp3) is 0.625. The van der Waals surface area contributed by atoms with Crippen LogP contribution >= 0.6 is 11.8 Å². The summed E-state index contributed by atoms with van der Waals surface area (Å²) in [5.74, 6) is 0. The van der Waals surface area contributed by atoms with Gasteiger partial charge in [-0.25, -0.2) is 0 Å². The average molecular weight is 275 g/mol. The van der Waals surface area contributed by atoms with Crippen molar-refractivity contribution < 1.29 is 4.74 Å². The molecule has 3 atom stereocenters. The Morgan fingerprint density at radius 2 is 1.95 bits per heavy atom. The number of fused-ring (bicyclic) bond motifs is 3. The molecule has 0 saturated carbocycles. The summed E-state index contributed by atoms with van der Waals surface area (Å²) in [7, 11) is 0.